The number of amides is 2. The average molecular weight is 292 g/mol. The lowest BCUT2D eigenvalue weighted by Gasteiger charge is -2.37. The summed E-state index contributed by atoms with van der Waals surface area (Å²) in [6.07, 6.45) is 2.11. The van der Waals surface area contributed by atoms with Gasteiger partial charge in [-0.05, 0) is 30.2 Å². The SMILES string of the molecule is CC(C)(CN1CC(=O)NC(C2CC2)C1=O)c1cccs1. The number of hydrogen-bond acceptors (Lipinski definition) is 3. The largest absolute Gasteiger partial charge is 0.342 e. The van der Waals surface area contributed by atoms with E-state index >= 15 is 0 Å². The van der Waals surface area contributed by atoms with Crippen LogP contribution in [0.15, 0.2) is 17.5 Å². The molecule has 1 unspecified atom stereocenters. The van der Waals surface area contributed by atoms with E-state index in [-0.39, 0.29) is 29.8 Å². The van der Waals surface area contributed by atoms with Gasteiger partial charge in [-0.15, -0.1) is 11.3 Å². The first-order valence-corrected chi connectivity index (χ1v) is 7.97. The van der Waals surface area contributed by atoms with Crippen molar-refractivity contribution in [1.82, 2.24) is 10.2 Å². The fraction of sp³-hybridized carbons (Fsp3) is 0.600. The summed E-state index contributed by atoms with van der Waals surface area (Å²) >= 11 is 1.70. The summed E-state index contributed by atoms with van der Waals surface area (Å²) < 4.78 is 0. The molecule has 1 aliphatic carbocycles. The second-order valence-corrected chi connectivity index (χ2v) is 7.39. The van der Waals surface area contributed by atoms with E-state index in [1.807, 2.05) is 6.07 Å². The molecule has 1 saturated heterocycles. The van der Waals surface area contributed by atoms with Gasteiger partial charge in [-0.2, -0.15) is 0 Å². The van der Waals surface area contributed by atoms with Crippen molar-refractivity contribution in [2.24, 2.45) is 5.92 Å². The first-order valence-electron chi connectivity index (χ1n) is 7.09. The van der Waals surface area contributed by atoms with Crippen LogP contribution in [0.2, 0.25) is 0 Å². The van der Waals surface area contributed by atoms with Crippen LogP contribution < -0.4 is 5.32 Å². The van der Waals surface area contributed by atoms with Crippen LogP contribution in [0.25, 0.3) is 0 Å². The standard InChI is InChI=1S/C15H20N2O2S/c1-15(2,11-4-3-7-20-11)9-17-8-12(18)16-13(14(17)19)10-5-6-10/h3-4,7,10,13H,5-6,8-9H2,1-2H3,(H,16,18). The number of carbonyl (C=O) groups is 2. The molecule has 2 amide bonds. The van der Waals surface area contributed by atoms with E-state index in [4.69, 9.17) is 0 Å². The van der Waals surface area contributed by atoms with Gasteiger partial charge in [-0.25, -0.2) is 0 Å². The van der Waals surface area contributed by atoms with Gasteiger partial charge >= 0.3 is 0 Å². The van der Waals surface area contributed by atoms with Crippen molar-refractivity contribution in [3.05, 3.63) is 22.4 Å². The van der Waals surface area contributed by atoms with E-state index in [2.05, 4.69) is 30.6 Å². The van der Waals surface area contributed by atoms with Crippen LogP contribution in [0.3, 0.4) is 0 Å². The van der Waals surface area contributed by atoms with Gasteiger partial charge < -0.3 is 10.2 Å². The van der Waals surface area contributed by atoms with Crippen molar-refractivity contribution in [3.8, 4) is 0 Å². The number of hydrogen-bond donors (Lipinski definition) is 1. The van der Waals surface area contributed by atoms with Crippen LogP contribution in [-0.2, 0) is 15.0 Å². The zero-order valence-electron chi connectivity index (χ0n) is 11.9. The topological polar surface area (TPSA) is 49.4 Å². The van der Waals surface area contributed by atoms with Crippen LogP contribution in [0.1, 0.15) is 31.6 Å². The van der Waals surface area contributed by atoms with Gasteiger partial charge in [0.15, 0.2) is 0 Å². The fourth-order valence-corrected chi connectivity index (χ4v) is 3.67. The number of piperazine rings is 1. The number of thiophene rings is 1. The molecule has 2 fully saturated rings. The van der Waals surface area contributed by atoms with Crippen LogP contribution in [0.5, 0.6) is 0 Å². The summed E-state index contributed by atoms with van der Waals surface area (Å²) in [5.74, 6) is 0.430. The molecule has 3 rings (SSSR count). The van der Waals surface area contributed by atoms with Gasteiger partial charge in [0.1, 0.15) is 6.04 Å². The first kappa shape index (κ1) is 13.6. The van der Waals surface area contributed by atoms with Crippen LogP contribution in [0.4, 0.5) is 0 Å². The summed E-state index contributed by atoms with van der Waals surface area (Å²) in [6, 6.07) is 3.84. The molecule has 2 heterocycles. The minimum atomic E-state index is -0.282. The average Bonchev–Trinajstić information content (AvgIpc) is 3.05. The van der Waals surface area contributed by atoms with Crippen molar-refractivity contribution in [3.63, 3.8) is 0 Å². The maximum Gasteiger partial charge on any atom is 0.245 e. The molecule has 0 spiro atoms. The van der Waals surface area contributed by atoms with E-state index in [1.54, 1.807) is 16.2 Å². The molecule has 0 bridgehead atoms. The maximum atomic E-state index is 12.5. The number of nitrogens with zero attached hydrogens (tertiary/aromatic N) is 1. The molecule has 1 aliphatic heterocycles. The Morgan fingerprint density at radius 3 is 2.75 bits per heavy atom. The van der Waals surface area contributed by atoms with Gasteiger partial charge in [0.2, 0.25) is 11.8 Å². The molecular formula is C15H20N2O2S. The Hall–Kier alpha value is -1.36. The number of rotatable bonds is 4. The molecule has 108 valence electrons. The highest BCUT2D eigenvalue weighted by molar-refractivity contribution is 7.10. The van der Waals surface area contributed by atoms with Gasteiger partial charge in [0, 0.05) is 16.8 Å². The smallest absolute Gasteiger partial charge is 0.245 e. The molecule has 5 heteroatoms. The lowest BCUT2D eigenvalue weighted by atomic mass is 9.90. The Morgan fingerprint density at radius 2 is 2.15 bits per heavy atom. The Balaban J connectivity index is 1.75. The van der Waals surface area contributed by atoms with Crippen molar-refractivity contribution in [2.75, 3.05) is 13.1 Å². The van der Waals surface area contributed by atoms with E-state index in [0.29, 0.717) is 12.5 Å². The molecule has 1 saturated carbocycles. The third-order valence-corrected chi connectivity index (χ3v) is 5.33. The lowest BCUT2D eigenvalue weighted by Crippen LogP contribution is -2.60. The normalized spacial score (nSPS) is 23.9. The maximum absolute atomic E-state index is 12.5. The molecule has 2 aliphatic rings. The van der Waals surface area contributed by atoms with Gasteiger partial charge in [-0.1, -0.05) is 19.9 Å². The monoisotopic (exact) mass is 292 g/mol. The Kier molecular flexibility index (Phi) is 3.32. The first-order chi connectivity index (χ1) is 9.47. The Morgan fingerprint density at radius 1 is 1.40 bits per heavy atom. The third kappa shape index (κ3) is 2.59. The minimum Gasteiger partial charge on any atom is -0.342 e. The minimum absolute atomic E-state index is 0.0246. The summed E-state index contributed by atoms with van der Waals surface area (Å²) in [5.41, 5.74) is -0.116. The summed E-state index contributed by atoms with van der Waals surface area (Å²) in [5, 5.41) is 4.90. The molecule has 0 radical (unpaired) electrons. The Bertz CT molecular complexity index is 520. The van der Waals surface area contributed by atoms with Crippen molar-refractivity contribution in [1.29, 1.82) is 0 Å². The highest BCUT2D eigenvalue weighted by Gasteiger charge is 2.43. The molecule has 1 aromatic heterocycles. The predicted octanol–water partition coefficient (Wildman–Crippen LogP) is 1.76. The van der Waals surface area contributed by atoms with Crippen molar-refractivity contribution >= 4 is 23.2 Å². The molecule has 20 heavy (non-hydrogen) atoms. The van der Waals surface area contributed by atoms with E-state index in [0.717, 1.165) is 12.8 Å². The number of nitrogens with one attached hydrogen (secondary N) is 1. The van der Waals surface area contributed by atoms with E-state index in [9.17, 15) is 9.59 Å². The van der Waals surface area contributed by atoms with E-state index in [1.165, 1.54) is 4.88 Å². The van der Waals surface area contributed by atoms with Crippen LogP contribution in [-0.4, -0.2) is 35.8 Å². The molecule has 1 N–H and O–H groups in total. The summed E-state index contributed by atoms with van der Waals surface area (Å²) in [6.45, 7) is 5.05. The van der Waals surface area contributed by atoms with Gasteiger partial charge in [0.25, 0.3) is 0 Å². The van der Waals surface area contributed by atoms with Crippen molar-refractivity contribution in [2.45, 2.75) is 38.1 Å². The summed E-state index contributed by atoms with van der Waals surface area (Å²) in [4.78, 5) is 27.3. The Labute approximate surface area is 123 Å². The molecule has 4 nitrogen and oxygen atoms in total. The van der Waals surface area contributed by atoms with Crippen LogP contribution in [0, 0.1) is 5.92 Å². The van der Waals surface area contributed by atoms with Gasteiger partial charge in [-0.3, -0.25) is 9.59 Å². The molecular weight excluding hydrogens is 272 g/mol. The highest BCUT2D eigenvalue weighted by Crippen LogP contribution is 2.35. The van der Waals surface area contributed by atoms with Crippen LogP contribution >= 0.6 is 11.3 Å². The zero-order valence-corrected chi connectivity index (χ0v) is 12.7. The second kappa shape index (κ2) is 4.88. The highest BCUT2D eigenvalue weighted by atomic mass is 32.1. The summed E-state index contributed by atoms with van der Waals surface area (Å²) in [7, 11) is 0. The van der Waals surface area contributed by atoms with Crippen molar-refractivity contribution < 1.29 is 9.59 Å². The number of carbonyl (C=O) groups excluding carboxylic acids is 2. The third-order valence-electron chi connectivity index (χ3n) is 4.10. The zero-order chi connectivity index (χ0) is 14.3. The molecule has 0 aromatic carbocycles. The fourth-order valence-electron chi connectivity index (χ4n) is 2.83. The molecule has 1 atom stereocenters. The predicted molar refractivity (Wildman–Crippen MR) is 78.6 cm³/mol. The van der Waals surface area contributed by atoms with E-state index < -0.39 is 0 Å². The second-order valence-electron chi connectivity index (χ2n) is 6.44. The lowest BCUT2D eigenvalue weighted by molar-refractivity contribution is -0.145. The quantitative estimate of drug-likeness (QED) is 0.919. The molecule has 1 aromatic rings. The van der Waals surface area contributed by atoms with Gasteiger partial charge in [0.05, 0.1) is 6.54 Å².